The molecule has 0 atom stereocenters. The molecule has 2 aromatic rings. The van der Waals surface area contributed by atoms with Crippen LogP contribution in [0.25, 0.3) is 6.08 Å². The Morgan fingerprint density at radius 2 is 1.74 bits per heavy atom. The predicted octanol–water partition coefficient (Wildman–Crippen LogP) is 2.73. The van der Waals surface area contributed by atoms with Crippen LogP contribution in [0, 0.1) is 0 Å². The van der Waals surface area contributed by atoms with Crippen LogP contribution in [-0.4, -0.2) is 18.5 Å². The third-order valence-electron chi connectivity index (χ3n) is 3.10. The topological polar surface area (TPSA) is 81.4 Å². The zero-order valence-electron chi connectivity index (χ0n) is 12.6. The van der Waals surface area contributed by atoms with E-state index in [-0.39, 0.29) is 6.61 Å². The minimum absolute atomic E-state index is 0.223. The highest BCUT2D eigenvalue weighted by Gasteiger charge is 2.04. The summed E-state index contributed by atoms with van der Waals surface area (Å²) in [6, 6.07) is 16.4. The summed E-state index contributed by atoms with van der Waals surface area (Å²) >= 11 is 0. The van der Waals surface area contributed by atoms with E-state index in [1.165, 1.54) is 0 Å². The Kier molecular flexibility index (Phi) is 5.94. The third kappa shape index (κ3) is 5.32. The maximum atomic E-state index is 11.6. The van der Waals surface area contributed by atoms with E-state index >= 15 is 0 Å². The number of hydrogen-bond donors (Lipinski definition) is 2. The van der Waals surface area contributed by atoms with E-state index in [1.54, 1.807) is 30.4 Å². The molecule has 0 aliphatic heterocycles. The van der Waals surface area contributed by atoms with Crippen molar-refractivity contribution in [1.29, 1.82) is 0 Å². The number of nitrogens with one attached hydrogen (secondary N) is 1. The first kappa shape index (κ1) is 16.3. The molecular weight excluding hydrogens is 292 g/mol. The molecule has 0 radical (unpaired) electrons. The van der Waals surface area contributed by atoms with Gasteiger partial charge in [0.05, 0.1) is 0 Å². The average Bonchev–Trinajstić information content (AvgIpc) is 2.58. The van der Waals surface area contributed by atoms with E-state index in [1.807, 2.05) is 36.4 Å². The third-order valence-corrected chi connectivity index (χ3v) is 3.10. The van der Waals surface area contributed by atoms with E-state index < -0.39 is 12.0 Å². The number of rotatable bonds is 6. The molecule has 0 aliphatic carbocycles. The van der Waals surface area contributed by atoms with Crippen molar-refractivity contribution in [2.75, 3.05) is 6.54 Å². The van der Waals surface area contributed by atoms with Crippen LogP contribution in [0.1, 0.15) is 21.5 Å². The molecule has 0 aromatic heterocycles. The summed E-state index contributed by atoms with van der Waals surface area (Å²) in [6.45, 7) is 0.515. The van der Waals surface area contributed by atoms with Crippen LogP contribution in [0.3, 0.4) is 0 Å². The molecule has 118 valence electrons. The first-order valence-corrected chi connectivity index (χ1v) is 7.17. The highest BCUT2D eigenvalue weighted by atomic mass is 16.5. The SMILES string of the molecule is NC(=O)c1ccccc1C=CCNC(=O)OCc1ccccc1. The summed E-state index contributed by atoms with van der Waals surface area (Å²) in [5.74, 6) is -0.486. The fourth-order valence-electron chi connectivity index (χ4n) is 1.97. The molecule has 0 bridgehead atoms. The van der Waals surface area contributed by atoms with Crippen molar-refractivity contribution in [3.05, 3.63) is 77.4 Å². The van der Waals surface area contributed by atoms with E-state index in [2.05, 4.69) is 5.32 Å². The second kappa shape index (κ2) is 8.38. The summed E-state index contributed by atoms with van der Waals surface area (Å²) in [5.41, 5.74) is 7.37. The van der Waals surface area contributed by atoms with Gasteiger partial charge in [-0.3, -0.25) is 4.79 Å². The van der Waals surface area contributed by atoms with Gasteiger partial charge in [0.25, 0.3) is 0 Å². The van der Waals surface area contributed by atoms with Crippen LogP contribution in [0.2, 0.25) is 0 Å². The maximum Gasteiger partial charge on any atom is 0.407 e. The molecule has 5 nitrogen and oxygen atoms in total. The number of benzene rings is 2. The minimum Gasteiger partial charge on any atom is -0.445 e. The number of nitrogens with two attached hydrogens (primary N) is 1. The van der Waals surface area contributed by atoms with E-state index in [4.69, 9.17) is 10.5 Å². The Balaban J connectivity index is 1.78. The fourth-order valence-corrected chi connectivity index (χ4v) is 1.97. The number of alkyl carbamates (subject to hydrolysis) is 1. The molecule has 2 amide bonds. The lowest BCUT2D eigenvalue weighted by atomic mass is 10.1. The van der Waals surface area contributed by atoms with Crippen molar-refractivity contribution in [1.82, 2.24) is 5.32 Å². The lowest BCUT2D eigenvalue weighted by Crippen LogP contribution is -2.24. The maximum absolute atomic E-state index is 11.6. The standard InChI is InChI=1S/C18H18N2O3/c19-17(21)16-11-5-4-9-15(16)10-6-12-20-18(22)23-13-14-7-2-1-3-8-14/h1-11H,12-13H2,(H2,19,21)(H,20,22). The van der Waals surface area contributed by atoms with Crippen LogP contribution in [0.15, 0.2) is 60.7 Å². The molecule has 0 heterocycles. The molecule has 0 fully saturated rings. The summed E-state index contributed by atoms with van der Waals surface area (Å²) < 4.78 is 5.08. The zero-order chi connectivity index (χ0) is 16.5. The summed E-state index contributed by atoms with van der Waals surface area (Å²) in [7, 11) is 0. The van der Waals surface area contributed by atoms with E-state index in [9.17, 15) is 9.59 Å². The van der Waals surface area contributed by atoms with Crippen molar-refractivity contribution in [3.8, 4) is 0 Å². The van der Waals surface area contributed by atoms with E-state index in [0.29, 0.717) is 17.7 Å². The van der Waals surface area contributed by atoms with Crippen molar-refractivity contribution in [2.45, 2.75) is 6.61 Å². The van der Waals surface area contributed by atoms with Gasteiger partial charge in [-0.2, -0.15) is 0 Å². The first-order valence-electron chi connectivity index (χ1n) is 7.17. The van der Waals surface area contributed by atoms with Crippen LogP contribution in [-0.2, 0) is 11.3 Å². The molecule has 2 aromatic carbocycles. The Morgan fingerprint density at radius 1 is 1.04 bits per heavy atom. The predicted molar refractivity (Wildman–Crippen MR) is 88.6 cm³/mol. The van der Waals surface area contributed by atoms with E-state index in [0.717, 1.165) is 5.56 Å². The lowest BCUT2D eigenvalue weighted by Gasteiger charge is -2.05. The van der Waals surface area contributed by atoms with Gasteiger partial charge in [0.15, 0.2) is 0 Å². The molecule has 0 saturated heterocycles. The molecule has 0 aliphatic rings. The largest absolute Gasteiger partial charge is 0.445 e. The van der Waals surface area contributed by atoms with Gasteiger partial charge >= 0.3 is 6.09 Å². The number of ether oxygens (including phenoxy) is 1. The van der Waals surface area contributed by atoms with Crippen LogP contribution in [0.5, 0.6) is 0 Å². The normalized spacial score (nSPS) is 10.4. The Hall–Kier alpha value is -3.08. The number of amides is 2. The monoisotopic (exact) mass is 310 g/mol. The van der Waals surface area contributed by atoms with Gasteiger partial charge in [0, 0.05) is 12.1 Å². The molecule has 0 unspecified atom stereocenters. The molecule has 0 saturated carbocycles. The van der Waals surface area contributed by atoms with Crippen molar-refractivity contribution in [3.63, 3.8) is 0 Å². The van der Waals surface area contributed by atoms with Gasteiger partial charge in [0.1, 0.15) is 6.61 Å². The second-order valence-electron chi connectivity index (χ2n) is 4.80. The van der Waals surface area contributed by atoms with Gasteiger partial charge < -0.3 is 15.8 Å². The lowest BCUT2D eigenvalue weighted by molar-refractivity contribution is 0.1000. The fraction of sp³-hybridized carbons (Fsp3) is 0.111. The van der Waals surface area contributed by atoms with Gasteiger partial charge in [-0.15, -0.1) is 0 Å². The number of hydrogen-bond acceptors (Lipinski definition) is 3. The Bertz CT molecular complexity index is 696. The van der Waals surface area contributed by atoms with Crippen LogP contribution in [0.4, 0.5) is 4.79 Å². The van der Waals surface area contributed by atoms with Crippen molar-refractivity contribution < 1.29 is 14.3 Å². The summed E-state index contributed by atoms with van der Waals surface area (Å²) in [4.78, 5) is 22.8. The number of carbonyl (C=O) groups is 2. The Morgan fingerprint density at radius 3 is 2.48 bits per heavy atom. The quantitative estimate of drug-likeness (QED) is 0.860. The van der Waals surface area contributed by atoms with Crippen LogP contribution >= 0.6 is 0 Å². The van der Waals surface area contributed by atoms with Gasteiger partial charge in [-0.05, 0) is 17.2 Å². The minimum atomic E-state index is -0.498. The first-order chi connectivity index (χ1) is 11.2. The molecule has 23 heavy (non-hydrogen) atoms. The average molecular weight is 310 g/mol. The Labute approximate surface area is 134 Å². The number of carbonyl (C=O) groups excluding carboxylic acids is 2. The molecule has 3 N–H and O–H groups in total. The smallest absolute Gasteiger partial charge is 0.407 e. The molecule has 0 spiro atoms. The summed E-state index contributed by atoms with van der Waals surface area (Å²) in [5, 5.41) is 2.61. The zero-order valence-corrected chi connectivity index (χ0v) is 12.6. The summed E-state index contributed by atoms with van der Waals surface area (Å²) in [6.07, 6.45) is 2.96. The molecule has 5 heteroatoms. The van der Waals surface area contributed by atoms with Crippen molar-refractivity contribution in [2.24, 2.45) is 5.73 Å². The van der Waals surface area contributed by atoms with Gasteiger partial charge in [-0.25, -0.2) is 4.79 Å². The van der Waals surface area contributed by atoms with Gasteiger partial charge in [-0.1, -0.05) is 60.7 Å². The van der Waals surface area contributed by atoms with Crippen molar-refractivity contribution >= 4 is 18.1 Å². The highest BCUT2D eigenvalue weighted by molar-refractivity contribution is 5.96. The molecular formula is C18H18N2O3. The molecule has 2 rings (SSSR count). The number of primary amides is 1. The van der Waals surface area contributed by atoms with Gasteiger partial charge in [0.2, 0.25) is 5.91 Å². The van der Waals surface area contributed by atoms with Crippen LogP contribution < -0.4 is 11.1 Å². The highest BCUT2D eigenvalue weighted by Crippen LogP contribution is 2.09. The second-order valence-corrected chi connectivity index (χ2v) is 4.80.